The average molecular weight is 349 g/mol. The molecule has 0 aliphatic rings. The maximum Gasteiger partial charge on any atom is 0.318 e. The number of sulfonamides is 1. The minimum atomic E-state index is -3.84. The highest BCUT2D eigenvalue weighted by atomic mass is 32.2. The number of rotatable bonds is 5. The Balaban J connectivity index is 2.49. The predicted molar refractivity (Wildman–Crippen MR) is 91.7 cm³/mol. The van der Waals surface area contributed by atoms with Crippen molar-refractivity contribution in [2.45, 2.75) is 11.3 Å². The highest BCUT2D eigenvalue weighted by Crippen LogP contribution is 2.27. The van der Waals surface area contributed by atoms with Gasteiger partial charge in [-0.25, -0.2) is 18.4 Å². The molecule has 24 heavy (non-hydrogen) atoms. The molecular formula is C16H19N3O4S. The van der Waals surface area contributed by atoms with Crippen LogP contribution >= 0.6 is 0 Å². The summed E-state index contributed by atoms with van der Waals surface area (Å²) in [6.45, 7) is 0. The van der Waals surface area contributed by atoms with E-state index in [1.54, 1.807) is 7.11 Å². The average Bonchev–Trinajstić information content (AvgIpc) is 2.55. The molecule has 0 spiro atoms. The fourth-order valence-electron chi connectivity index (χ4n) is 2.25. The second kappa shape index (κ2) is 7.33. The molecule has 0 saturated carbocycles. The molecule has 0 saturated heterocycles. The Bertz CT molecular complexity index is 850. The first-order valence-corrected chi connectivity index (χ1v) is 8.66. The van der Waals surface area contributed by atoms with Crippen LogP contribution < -0.4 is 20.5 Å². The molecule has 0 aromatic heterocycles. The van der Waals surface area contributed by atoms with Crippen molar-refractivity contribution in [1.82, 2.24) is 5.32 Å². The van der Waals surface area contributed by atoms with Crippen molar-refractivity contribution < 1.29 is 17.9 Å². The van der Waals surface area contributed by atoms with E-state index in [1.165, 1.54) is 25.2 Å². The zero-order chi connectivity index (χ0) is 17.7. The van der Waals surface area contributed by atoms with Crippen LogP contribution in [0.15, 0.2) is 47.4 Å². The number of ether oxygens (including phenoxy) is 1. The van der Waals surface area contributed by atoms with Gasteiger partial charge in [-0.3, -0.25) is 0 Å². The first kappa shape index (κ1) is 17.8. The van der Waals surface area contributed by atoms with Gasteiger partial charge in [0.25, 0.3) is 0 Å². The summed E-state index contributed by atoms with van der Waals surface area (Å²) in [5.41, 5.74) is 1.95. The van der Waals surface area contributed by atoms with Crippen molar-refractivity contribution in [3.05, 3.63) is 53.6 Å². The van der Waals surface area contributed by atoms with Gasteiger partial charge >= 0.3 is 6.03 Å². The number of urea groups is 1. The summed E-state index contributed by atoms with van der Waals surface area (Å²) in [7, 11) is -0.791. The number of primary sulfonamides is 1. The zero-order valence-electron chi connectivity index (χ0n) is 13.4. The van der Waals surface area contributed by atoms with E-state index >= 15 is 0 Å². The third-order valence-electron chi connectivity index (χ3n) is 3.45. The van der Waals surface area contributed by atoms with Gasteiger partial charge in [0.2, 0.25) is 10.0 Å². The van der Waals surface area contributed by atoms with Crippen LogP contribution in [0.5, 0.6) is 5.75 Å². The number of nitrogens with one attached hydrogen (secondary N) is 2. The highest BCUT2D eigenvalue weighted by Gasteiger charge is 2.14. The number of carbonyl (C=O) groups excluding carboxylic acids is 1. The lowest BCUT2D eigenvalue weighted by atomic mass is 10.0. The number of carbonyl (C=O) groups is 1. The van der Waals surface area contributed by atoms with Gasteiger partial charge in [0.15, 0.2) is 0 Å². The van der Waals surface area contributed by atoms with E-state index < -0.39 is 16.1 Å². The third kappa shape index (κ3) is 4.24. The number of hydrogen-bond acceptors (Lipinski definition) is 4. The number of para-hydroxylation sites is 1. The van der Waals surface area contributed by atoms with E-state index in [-0.39, 0.29) is 4.90 Å². The molecule has 2 aromatic rings. The van der Waals surface area contributed by atoms with Crippen molar-refractivity contribution in [1.29, 1.82) is 0 Å². The van der Waals surface area contributed by atoms with Crippen molar-refractivity contribution >= 4 is 21.7 Å². The van der Waals surface area contributed by atoms with E-state index in [9.17, 15) is 13.2 Å². The lowest BCUT2D eigenvalue weighted by Crippen LogP contribution is -2.25. The monoisotopic (exact) mass is 349 g/mol. The minimum Gasteiger partial charge on any atom is -0.496 e. The van der Waals surface area contributed by atoms with Gasteiger partial charge in [-0.15, -0.1) is 0 Å². The molecule has 0 unspecified atom stereocenters. The standard InChI is InChI=1S/C16H19N3O4S/c1-18-16(20)19-14-8-7-13(24(17,21)22)10-12(14)9-11-5-3-4-6-15(11)23-2/h3-8,10H,9H2,1-2H3,(H2,17,21,22)(H2,18,19,20). The summed E-state index contributed by atoms with van der Waals surface area (Å²) in [6.07, 6.45) is 0.368. The van der Waals surface area contributed by atoms with Crippen molar-refractivity contribution in [2.75, 3.05) is 19.5 Å². The van der Waals surface area contributed by atoms with Gasteiger partial charge in [0.1, 0.15) is 5.75 Å². The van der Waals surface area contributed by atoms with Gasteiger partial charge in [-0.2, -0.15) is 0 Å². The lowest BCUT2D eigenvalue weighted by Gasteiger charge is -2.14. The molecule has 0 aliphatic carbocycles. The number of nitrogens with two attached hydrogens (primary N) is 1. The van der Waals surface area contributed by atoms with Crippen LogP contribution in [0.4, 0.5) is 10.5 Å². The van der Waals surface area contributed by atoms with E-state index in [0.717, 1.165) is 5.56 Å². The van der Waals surface area contributed by atoms with Gasteiger partial charge < -0.3 is 15.4 Å². The summed E-state index contributed by atoms with van der Waals surface area (Å²) in [4.78, 5) is 11.6. The van der Waals surface area contributed by atoms with E-state index in [1.807, 2.05) is 24.3 Å². The predicted octanol–water partition coefficient (Wildman–Crippen LogP) is 1.68. The van der Waals surface area contributed by atoms with Crippen LogP contribution in [-0.2, 0) is 16.4 Å². The molecule has 0 atom stereocenters. The Morgan fingerprint density at radius 2 is 1.88 bits per heavy atom. The second-order valence-corrected chi connectivity index (χ2v) is 6.62. The molecule has 128 valence electrons. The van der Waals surface area contributed by atoms with E-state index in [0.29, 0.717) is 23.4 Å². The lowest BCUT2D eigenvalue weighted by molar-refractivity contribution is 0.254. The van der Waals surface area contributed by atoms with Crippen molar-refractivity contribution in [3.8, 4) is 5.75 Å². The Hall–Kier alpha value is -2.58. The van der Waals surface area contributed by atoms with Crippen LogP contribution in [0.25, 0.3) is 0 Å². The fourth-order valence-corrected chi connectivity index (χ4v) is 2.82. The molecule has 0 radical (unpaired) electrons. The number of anilines is 1. The summed E-state index contributed by atoms with van der Waals surface area (Å²) in [5, 5.41) is 10.3. The van der Waals surface area contributed by atoms with Crippen LogP contribution in [-0.4, -0.2) is 28.6 Å². The highest BCUT2D eigenvalue weighted by molar-refractivity contribution is 7.89. The summed E-state index contributed by atoms with van der Waals surface area (Å²) in [6, 6.07) is 11.3. The first-order chi connectivity index (χ1) is 11.3. The molecule has 0 fully saturated rings. The molecule has 0 aliphatic heterocycles. The smallest absolute Gasteiger partial charge is 0.318 e. The Morgan fingerprint density at radius 3 is 2.50 bits per heavy atom. The number of amides is 2. The van der Waals surface area contributed by atoms with Crippen LogP contribution in [0.2, 0.25) is 0 Å². The molecule has 8 heteroatoms. The first-order valence-electron chi connectivity index (χ1n) is 7.11. The molecule has 2 amide bonds. The number of hydrogen-bond donors (Lipinski definition) is 3. The summed E-state index contributed by atoms with van der Waals surface area (Å²) >= 11 is 0. The third-order valence-corrected chi connectivity index (χ3v) is 4.36. The number of benzene rings is 2. The van der Waals surface area contributed by atoms with Gasteiger partial charge in [-0.05, 0) is 35.4 Å². The van der Waals surface area contributed by atoms with Crippen LogP contribution in [0.3, 0.4) is 0 Å². The Labute approximate surface area is 140 Å². The Morgan fingerprint density at radius 1 is 1.17 bits per heavy atom. The molecular weight excluding hydrogens is 330 g/mol. The maximum atomic E-state index is 11.6. The summed E-state index contributed by atoms with van der Waals surface area (Å²) in [5.74, 6) is 0.671. The quantitative estimate of drug-likeness (QED) is 0.763. The molecule has 2 rings (SSSR count). The minimum absolute atomic E-state index is 0.0187. The maximum absolute atomic E-state index is 11.6. The van der Waals surface area contributed by atoms with Gasteiger partial charge in [-0.1, -0.05) is 18.2 Å². The zero-order valence-corrected chi connectivity index (χ0v) is 14.2. The summed E-state index contributed by atoms with van der Waals surface area (Å²) < 4.78 is 28.5. The largest absolute Gasteiger partial charge is 0.496 e. The second-order valence-electron chi connectivity index (χ2n) is 5.06. The molecule has 0 heterocycles. The fraction of sp³-hybridized carbons (Fsp3) is 0.188. The van der Waals surface area contributed by atoms with E-state index in [4.69, 9.17) is 9.88 Å². The van der Waals surface area contributed by atoms with Crippen LogP contribution in [0.1, 0.15) is 11.1 Å². The molecule has 0 bridgehead atoms. The molecule has 4 N–H and O–H groups in total. The van der Waals surface area contributed by atoms with Crippen molar-refractivity contribution in [3.63, 3.8) is 0 Å². The van der Waals surface area contributed by atoms with Gasteiger partial charge in [0.05, 0.1) is 12.0 Å². The normalized spacial score (nSPS) is 11.0. The SMILES string of the molecule is CNC(=O)Nc1ccc(S(N)(=O)=O)cc1Cc1ccccc1OC. The van der Waals surface area contributed by atoms with E-state index in [2.05, 4.69) is 10.6 Å². The Kier molecular flexibility index (Phi) is 5.42. The van der Waals surface area contributed by atoms with Crippen molar-refractivity contribution in [2.24, 2.45) is 5.14 Å². The number of methoxy groups -OCH3 is 1. The topological polar surface area (TPSA) is 111 Å². The van der Waals surface area contributed by atoms with Gasteiger partial charge in [0, 0.05) is 19.2 Å². The van der Waals surface area contributed by atoms with Crippen LogP contribution in [0, 0.1) is 0 Å². The molecule has 7 nitrogen and oxygen atoms in total. The molecule has 2 aromatic carbocycles.